The van der Waals surface area contributed by atoms with E-state index in [9.17, 15) is 9.90 Å². The summed E-state index contributed by atoms with van der Waals surface area (Å²) in [7, 11) is 0. The van der Waals surface area contributed by atoms with Crippen molar-refractivity contribution in [1.29, 1.82) is 0 Å². The first-order valence-electron chi connectivity index (χ1n) is 7.87. The Hall–Kier alpha value is -3.28. The molecular weight excluding hydrogens is 320 g/mol. The van der Waals surface area contributed by atoms with Crippen LogP contribution in [-0.4, -0.2) is 27.5 Å². The SMILES string of the molecule is CCOC(=O)c1cnn(-c2ccccc2Oc2ccc(C)cc2O)c1. The minimum Gasteiger partial charge on any atom is -0.504 e. The van der Waals surface area contributed by atoms with Crippen molar-refractivity contribution in [1.82, 2.24) is 9.78 Å². The zero-order valence-electron chi connectivity index (χ0n) is 14.0. The molecule has 0 radical (unpaired) electrons. The first kappa shape index (κ1) is 16.6. The average molecular weight is 338 g/mol. The summed E-state index contributed by atoms with van der Waals surface area (Å²) in [6.45, 7) is 3.94. The van der Waals surface area contributed by atoms with Crippen molar-refractivity contribution in [3.05, 3.63) is 66.0 Å². The van der Waals surface area contributed by atoms with Gasteiger partial charge in [0.15, 0.2) is 17.2 Å². The predicted molar refractivity (Wildman–Crippen MR) is 92.4 cm³/mol. The third kappa shape index (κ3) is 3.63. The first-order chi connectivity index (χ1) is 12.1. The molecule has 0 aliphatic rings. The summed E-state index contributed by atoms with van der Waals surface area (Å²) < 4.78 is 12.3. The molecule has 6 heteroatoms. The number of hydrogen-bond donors (Lipinski definition) is 1. The number of rotatable bonds is 5. The van der Waals surface area contributed by atoms with Crippen LogP contribution in [0.1, 0.15) is 22.8 Å². The number of benzene rings is 2. The second-order valence-corrected chi connectivity index (χ2v) is 5.44. The van der Waals surface area contributed by atoms with E-state index in [1.54, 1.807) is 31.3 Å². The van der Waals surface area contributed by atoms with Crippen LogP contribution in [0.25, 0.3) is 5.69 Å². The lowest BCUT2D eigenvalue weighted by molar-refractivity contribution is 0.0526. The van der Waals surface area contributed by atoms with E-state index in [2.05, 4.69) is 5.10 Å². The molecule has 0 saturated heterocycles. The summed E-state index contributed by atoms with van der Waals surface area (Å²) in [4.78, 5) is 11.8. The van der Waals surface area contributed by atoms with E-state index in [0.29, 0.717) is 29.4 Å². The molecule has 3 rings (SSSR count). The number of hydrogen-bond acceptors (Lipinski definition) is 5. The van der Waals surface area contributed by atoms with Gasteiger partial charge in [0.2, 0.25) is 0 Å². The van der Waals surface area contributed by atoms with Gasteiger partial charge in [-0.15, -0.1) is 0 Å². The van der Waals surface area contributed by atoms with Crippen molar-refractivity contribution in [3.63, 3.8) is 0 Å². The minimum atomic E-state index is -0.427. The molecule has 128 valence electrons. The Morgan fingerprint density at radius 1 is 1.20 bits per heavy atom. The molecule has 0 saturated carbocycles. The van der Waals surface area contributed by atoms with E-state index in [1.165, 1.54) is 10.9 Å². The van der Waals surface area contributed by atoms with Gasteiger partial charge in [-0.1, -0.05) is 18.2 Å². The Morgan fingerprint density at radius 2 is 2.00 bits per heavy atom. The fourth-order valence-electron chi connectivity index (χ4n) is 2.34. The van der Waals surface area contributed by atoms with Gasteiger partial charge in [0.25, 0.3) is 0 Å². The maximum atomic E-state index is 11.8. The summed E-state index contributed by atoms with van der Waals surface area (Å²) in [6, 6.07) is 12.4. The molecule has 0 unspecified atom stereocenters. The Bertz CT molecular complexity index is 902. The number of aryl methyl sites for hydroxylation is 1. The quantitative estimate of drug-likeness (QED) is 0.715. The van der Waals surface area contributed by atoms with E-state index in [0.717, 1.165) is 5.56 Å². The molecule has 0 atom stereocenters. The number of aromatic hydroxyl groups is 1. The Kier molecular flexibility index (Phi) is 4.70. The lowest BCUT2D eigenvalue weighted by atomic mass is 10.2. The van der Waals surface area contributed by atoms with E-state index in [1.807, 2.05) is 31.2 Å². The number of phenolic OH excluding ortho intramolecular Hbond substituents is 1. The van der Waals surface area contributed by atoms with Crippen LogP contribution in [0.3, 0.4) is 0 Å². The molecule has 1 aromatic heterocycles. The summed E-state index contributed by atoms with van der Waals surface area (Å²) in [6.07, 6.45) is 3.02. The Balaban J connectivity index is 1.92. The maximum absolute atomic E-state index is 11.8. The lowest BCUT2D eigenvalue weighted by Crippen LogP contribution is -2.03. The van der Waals surface area contributed by atoms with Gasteiger partial charge in [-0.3, -0.25) is 0 Å². The highest BCUT2D eigenvalue weighted by Crippen LogP contribution is 2.34. The molecule has 0 spiro atoms. The topological polar surface area (TPSA) is 73.6 Å². The Labute approximate surface area is 145 Å². The standard InChI is InChI=1S/C19H18N2O4/c1-3-24-19(23)14-11-20-21(12-14)15-6-4-5-7-17(15)25-18-9-8-13(2)10-16(18)22/h4-12,22H,3H2,1-2H3. The van der Waals surface area contributed by atoms with Crippen LogP contribution in [0.5, 0.6) is 17.2 Å². The van der Waals surface area contributed by atoms with Crippen LogP contribution in [0.2, 0.25) is 0 Å². The van der Waals surface area contributed by atoms with Crippen molar-refractivity contribution in [2.75, 3.05) is 6.61 Å². The number of para-hydroxylation sites is 2. The maximum Gasteiger partial charge on any atom is 0.341 e. The van der Waals surface area contributed by atoms with Crippen LogP contribution in [0.4, 0.5) is 0 Å². The highest BCUT2D eigenvalue weighted by Gasteiger charge is 2.14. The van der Waals surface area contributed by atoms with Crippen LogP contribution in [0, 0.1) is 6.92 Å². The van der Waals surface area contributed by atoms with Crippen molar-refractivity contribution >= 4 is 5.97 Å². The van der Waals surface area contributed by atoms with Crippen molar-refractivity contribution in [3.8, 4) is 22.9 Å². The molecule has 1 heterocycles. The molecule has 2 aromatic carbocycles. The Morgan fingerprint density at radius 3 is 2.76 bits per heavy atom. The third-order valence-corrected chi connectivity index (χ3v) is 3.54. The van der Waals surface area contributed by atoms with Gasteiger partial charge in [-0.2, -0.15) is 5.10 Å². The van der Waals surface area contributed by atoms with Gasteiger partial charge in [0.05, 0.1) is 18.4 Å². The highest BCUT2D eigenvalue weighted by atomic mass is 16.5. The summed E-state index contributed by atoms with van der Waals surface area (Å²) in [5.74, 6) is 0.474. The second-order valence-electron chi connectivity index (χ2n) is 5.44. The second kappa shape index (κ2) is 7.09. The van der Waals surface area contributed by atoms with Crippen LogP contribution < -0.4 is 4.74 Å². The zero-order chi connectivity index (χ0) is 17.8. The van der Waals surface area contributed by atoms with Gasteiger partial charge in [-0.25, -0.2) is 9.48 Å². The van der Waals surface area contributed by atoms with E-state index < -0.39 is 5.97 Å². The van der Waals surface area contributed by atoms with E-state index in [-0.39, 0.29) is 5.75 Å². The number of ether oxygens (including phenoxy) is 2. The van der Waals surface area contributed by atoms with Crippen LogP contribution in [0.15, 0.2) is 54.9 Å². The van der Waals surface area contributed by atoms with Gasteiger partial charge in [0, 0.05) is 6.20 Å². The smallest absolute Gasteiger partial charge is 0.341 e. The molecule has 0 aliphatic heterocycles. The molecule has 0 bridgehead atoms. The van der Waals surface area contributed by atoms with Crippen molar-refractivity contribution in [2.45, 2.75) is 13.8 Å². The molecular formula is C19H18N2O4. The number of carbonyl (C=O) groups excluding carboxylic acids is 1. The molecule has 1 N–H and O–H groups in total. The zero-order valence-corrected chi connectivity index (χ0v) is 14.0. The van der Waals surface area contributed by atoms with Crippen LogP contribution in [-0.2, 0) is 4.74 Å². The number of phenols is 1. The summed E-state index contributed by atoms with van der Waals surface area (Å²) >= 11 is 0. The monoisotopic (exact) mass is 338 g/mol. The highest BCUT2D eigenvalue weighted by molar-refractivity contribution is 5.88. The van der Waals surface area contributed by atoms with Crippen molar-refractivity contribution in [2.24, 2.45) is 0 Å². The minimum absolute atomic E-state index is 0.0579. The molecule has 25 heavy (non-hydrogen) atoms. The molecule has 3 aromatic rings. The molecule has 0 aliphatic carbocycles. The fraction of sp³-hybridized carbons (Fsp3) is 0.158. The summed E-state index contributed by atoms with van der Waals surface area (Å²) in [5, 5.41) is 14.2. The molecule has 0 fully saturated rings. The fourth-order valence-corrected chi connectivity index (χ4v) is 2.34. The van der Waals surface area contributed by atoms with Gasteiger partial charge in [-0.05, 0) is 43.7 Å². The number of nitrogens with zero attached hydrogens (tertiary/aromatic N) is 2. The van der Waals surface area contributed by atoms with E-state index in [4.69, 9.17) is 9.47 Å². The average Bonchev–Trinajstić information content (AvgIpc) is 3.08. The normalized spacial score (nSPS) is 10.5. The predicted octanol–water partition coefficient (Wildman–Crippen LogP) is 3.86. The lowest BCUT2D eigenvalue weighted by Gasteiger charge is -2.12. The van der Waals surface area contributed by atoms with Gasteiger partial charge in [0.1, 0.15) is 5.69 Å². The van der Waals surface area contributed by atoms with Gasteiger partial charge < -0.3 is 14.6 Å². The number of esters is 1. The summed E-state index contributed by atoms with van der Waals surface area (Å²) in [5.41, 5.74) is 1.93. The number of carbonyl (C=O) groups is 1. The largest absolute Gasteiger partial charge is 0.504 e. The number of aromatic nitrogens is 2. The first-order valence-corrected chi connectivity index (χ1v) is 7.87. The molecule has 0 amide bonds. The molecule has 6 nitrogen and oxygen atoms in total. The van der Waals surface area contributed by atoms with Crippen LogP contribution >= 0.6 is 0 Å². The van der Waals surface area contributed by atoms with E-state index >= 15 is 0 Å². The van der Waals surface area contributed by atoms with Gasteiger partial charge >= 0.3 is 5.97 Å². The van der Waals surface area contributed by atoms with Crippen molar-refractivity contribution < 1.29 is 19.4 Å². The third-order valence-electron chi connectivity index (χ3n) is 3.54.